The van der Waals surface area contributed by atoms with Gasteiger partial charge < -0.3 is 5.73 Å². The van der Waals surface area contributed by atoms with Gasteiger partial charge in [-0.1, -0.05) is 18.2 Å². The molecule has 3 rings (SSSR count). The van der Waals surface area contributed by atoms with Gasteiger partial charge in [-0.2, -0.15) is 5.10 Å². The van der Waals surface area contributed by atoms with Crippen molar-refractivity contribution in [1.82, 2.24) is 9.78 Å². The highest BCUT2D eigenvalue weighted by Gasteiger charge is 2.13. The summed E-state index contributed by atoms with van der Waals surface area (Å²) in [7, 11) is 0. The Bertz CT molecular complexity index is 765. The highest BCUT2D eigenvalue weighted by atomic mass is 19.1. The SMILES string of the molecule is NC(=O)c1cc(F)cc2cn(-c3ccccc3)nc12. The van der Waals surface area contributed by atoms with Crippen LogP contribution in [0, 0.1) is 5.82 Å². The van der Waals surface area contributed by atoms with Crippen LogP contribution in [0.3, 0.4) is 0 Å². The number of hydrogen-bond acceptors (Lipinski definition) is 2. The molecule has 0 aliphatic heterocycles. The van der Waals surface area contributed by atoms with E-state index in [4.69, 9.17) is 5.73 Å². The Hall–Kier alpha value is -2.69. The molecule has 2 aromatic carbocycles. The lowest BCUT2D eigenvalue weighted by Crippen LogP contribution is -2.12. The van der Waals surface area contributed by atoms with Gasteiger partial charge in [-0.15, -0.1) is 0 Å². The van der Waals surface area contributed by atoms with Crippen LogP contribution in [0.1, 0.15) is 10.4 Å². The van der Waals surface area contributed by atoms with E-state index >= 15 is 0 Å². The van der Waals surface area contributed by atoms with Gasteiger partial charge in [0.05, 0.1) is 11.3 Å². The quantitative estimate of drug-likeness (QED) is 0.763. The lowest BCUT2D eigenvalue weighted by atomic mass is 10.1. The van der Waals surface area contributed by atoms with Gasteiger partial charge in [0.25, 0.3) is 5.91 Å². The Labute approximate surface area is 108 Å². The minimum Gasteiger partial charge on any atom is -0.366 e. The Morgan fingerprint density at radius 2 is 1.95 bits per heavy atom. The summed E-state index contributed by atoms with van der Waals surface area (Å²) in [4.78, 5) is 11.3. The van der Waals surface area contributed by atoms with Crippen molar-refractivity contribution in [2.45, 2.75) is 0 Å². The fourth-order valence-electron chi connectivity index (χ4n) is 2.00. The zero-order valence-corrected chi connectivity index (χ0v) is 9.88. The predicted molar refractivity (Wildman–Crippen MR) is 69.5 cm³/mol. The van der Waals surface area contributed by atoms with Gasteiger partial charge in [-0.3, -0.25) is 4.79 Å². The summed E-state index contributed by atoms with van der Waals surface area (Å²) in [5.74, 6) is -1.20. The second kappa shape index (κ2) is 4.20. The standard InChI is InChI=1S/C14H10FN3O/c15-10-6-9-8-18(11-4-2-1-3-5-11)17-13(9)12(7-10)14(16)19/h1-8H,(H2,16,19). The van der Waals surface area contributed by atoms with Crippen LogP contribution in [0.25, 0.3) is 16.6 Å². The maximum absolute atomic E-state index is 13.4. The van der Waals surface area contributed by atoms with E-state index in [1.165, 1.54) is 6.07 Å². The molecule has 0 unspecified atom stereocenters. The molecule has 1 aromatic heterocycles. The van der Waals surface area contributed by atoms with Crippen LogP contribution in [0.2, 0.25) is 0 Å². The second-order valence-electron chi connectivity index (χ2n) is 4.16. The predicted octanol–water partition coefficient (Wildman–Crippen LogP) is 2.26. The third kappa shape index (κ3) is 1.95. The average Bonchev–Trinajstić information content (AvgIpc) is 2.82. The first-order valence-electron chi connectivity index (χ1n) is 5.69. The molecule has 19 heavy (non-hydrogen) atoms. The van der Waals surface area contributed by atoms with Crippen molar-refractivity contribution in [3.63, 3.8) is 0 Å². The Morgan fingerprint density at radius 1 is 1.21 bits per heavy atom. The summed E-state index contributed by atoms with van der Waals surface area (Å²) >= 11 is 0. The average molecular weight is 255 g/mol. The molecule has 0 radical (unpaired) electrons. The first-order chi connectivity index (χ1) is 9.15. The Balaban J connectivity index is 2.26. The number of primary amides is 1. The molecule has 0 aliphatic carbocycles. The van der Waals surface area contributed by atoms with Crippen LogP contribution in [0.15, 0.2) is 48.7 Å². The lowest BCUT2D eigenvalue weighted by molar-refractivity contribution is 0.100. The van der Waals surface area contributed by atoms with E-state index in [1.54, 1.807) is 10.9 Å². The van der Waals surface area contributed by atoms with Crippen LogP contribution in [0.4, 0.5) is 4.39 Å². The van der Waals surface area contributed by atoms with E-state index in [2.05, 4.69) is 5.10 Å². The number of halogens is 1. The van der Waals surface area contributed by atoms with E-state index < -0.39 is 11.7 Å². The lowest BCUT2D eigenvalue weighted by Gasteiger charge is -1.99. The molecule has 1 amide bonds. The maximum atomic E-state index is 13.4. The molecule has 0 aliphatic rings. The molecule has 4 nitrogen and oxygen atoms in total. The Morgan fingerprint density at radius 3 is 2.63 bits per heavy atom. The summed E-state index contributed by atoms with van der Waals surface area (Å²) in [5.41, 5.74) is 6.56. The zero-order chi connectivity index (χ0) is 13.4. The zero-order valence-electron chi connectivity index (χ0n) is 9.88. The summed E-state index contributed by atoms with van der Waals surface area (Å²) in [5, 5.41) is 4.83. The number of hydrogen-bond donors (Lipinski definition) is 1. The number of carbonyl (C=O) groups is 1. The van der Waals surface area contributed by atoms with E-state index in [0.717, 1.165) is 11.8 Å². The molecule has 0 spiro atoms. The van der Waals surface area contributed by atoms with Crippen molar-refractivity contribution >= 4 is 16.8 Å². The fourth-order valence-corrected chi connectivity index (χ4v) is 2.00. The fraction of sp³-hybridized carbons (Fsp3) is 0. The first-order valence-corrected chi connectivity index (χ1v) is 5.69. The van der Waals surface area contributed by atoms with Crippen LogP contribution in [-0.2, 0) is 0 Å². The molecular weight excluding hydrogens is 245 g/mol. The van der Waals surface area contributed by atoms with Crippen LogP contribution < -0.4 is 5.73 Å². The van der Waals surface area contributed by atoms with Crippen LogP contribution in [-0.4, -0.2) is 15.7 Å². The van der Waals surface area contributed by atoms with Gasteiger partial charge in [0.2, 0.25) is 0 Å². The summed E-state index contributed by atoms with van der Waals surface area (Å²) < 4.78 is 15.0. The van der Waals surface area contributed by atoms with Gasteiger partial charge in [-0.25, -0.2) is 9.07 Å². The highest BCUT2D eigenvalue weighted by molar-refractivity contribution is 6.04. The molecule has 5 heteroatoms. The van der Waals surface area contributed by atoms with E-state index in [9.17, 15) is 9.18 Å². The summed E-state index contributed by atoms with van der Waals surface area (Å²) in [6, 6.07) is 11.8. The monoisotopic (exact) mass is 255 g/mol. The normalized spacial score (nSPS) is 10.8. The molecule has 0 saturated heterocycles. The minimum absolute atomic E-state index is 0.0877. The molecular formula is C14H10FN3O. The van der Waals surface area contributed by atoms with Crippen molar-refractivity contribution in [2.24, 2.45) is 5.73 Å². The summed E-state index contributed by atoms with van der Waals surface area (Å²) in [6.07, 6.45) is 1.67. The van der Waals surface area contributed by atoms with Crippen molar-refractivity contribution in [2.75, 3.05) is 0 Å². The first kappa shape index (κ1) is 11.4. The van der Waals surface area contributed by atoms with Crippen molar-refractivity contribution in [3.8, 4) is 5.69 Å². The molecule has 1 heterocycles. The second-order valence-corrected chi connectivity index (χ2v) is 4.16. The largest absolute Gasteiger partial charge is 0.366 e. The van der Waals surface area contributed by atoms with Crippen molar-refractivity contribution < 1.29 is 9.18 Å². The van der Waals surface area contributed by atoms with Gasteiger partial charge >= 0.3 is 0 Å². The summed E-state index contributed by atoms with van der Waals surface area (Å²) in [6.45, 7) is 0. The molecule has 0 saturated carbocycles. The molecule has 3 aromatic rings. The van der Waals surface area contributed by atoms with Gasteiger partial charge in [0.15, 0.2) is 0 Å². The number of amides is 1. The topological polar surface area (TPSA) is 60.9 Å². The van der Waals surface area contributed by atoms with Crippen LogP contribution >= 0.6 is 0 Å². The third-order valence-corrected chi connectivity index (χ3v) is 2.86. The van der Waals surface area contributed by atoms with Crippen LogP contribution in [0.5, 0.6) is 0 Å². The number of nitrogens with two attached hydrogens (primary N) is 1. The number of rotatable bonds is 2. The number of benzene rings is 2. The molecule has 2 N–H and O–H groups in total. The van der Waals surface area contributed by atoms with Gasteiger partial charge in [0, 0.05) is 11.6 Å². The molecule has 0 atom stereocenters. The number of aromatic nitrogens is 2. The third-order valence-electron chi connectivity index (χ3n) is 2.86. The molecule has 94 valence electrons. The number of fused-ring (bicyclic) bond motifs is 1. The molecule has 0 fully saturated rings. The smallest absolute Gasteiger partial charge is 0.251 e. The minimum atomic E-state index is -0.692. The number of carbonyl (C=O) groups excluding carboxylic acids is 1. The van der Waals surface area contributed by atoms with Gasteiger partial charge in [0.1, 0.15) is 11.3 Å². The number of nitrogens with zero attached hydrogens (tertiary/aromatic N) is 2. The molecule has 0 bridgehead atoms. The van der Waals surface area contributed by atoms with Crippen molar-refractivity contribution in [3.05, 3.63) is 60.0 Å². The van der Waals surface area contributed by atoms with E-state index in [0.29, 0.717) is 10.9 Å². The highest BCUT2D eigenvalue weighted by Crippen LogP contribution is 2.21. The Kier molecular flexibility index (Phi) is 2.52. The van der Waals surface area contributed by atoms with Crippen molar-refractivity contribution in [1.29, 1.82) is 0 Å². The van der Waals surface area contributed by atoms with E-state index in [-0.39, 0.29) is 5.56 Å². The van der Waals surface area contributed by atoms with E-state index in [1.807, 2.05) is 30.3 Å². The maximum Gasteiger partial charge on any atom is 0.251 e. The number of para-hydroxylation sites is 1. The van der Waals surface area contributed by atoms with Gasteiger partial charge in [-0.05, 0) is 24.3 Å².